The largest absolute Gasteiger partial charge is 0.334 e. The minimum absolute atomic E-state index is 0.507. The van der Waals surface area contributed by atoms with Crippen molar-refractivity contribution in [2.24, 2.45) is 0 Å². The predicted octanol–water partition coefficient (Wildman–Crippen LogP) is 2.73. The normalized spacial score (nSPS) is 24.5. The fourth-order valence-electron chi connectivity index (χ4n) is 1.67. The smallest absolute Gasteiger partial charge is 0.218 e. The van der Waals surface area contributed by atoms with E-state index in [9.17, 15) is 0 Å². The summed E-state index contributed by atoms with van der Waals surface area (Å²) in [6, 6.07) is 0. The van der Waals surface area contributed by atoms with Crippen LogP contribution in [0.5, 0.6) is 0 Å². The van der Waals surface area contributed by atoms with Gasteiger partial charge in [0.2, 0.25) is 5.44 Å². The van der Waals surface area contributed by atoms with Crippen LogP contribution in [0.15, 0.2) is 12.7 Å². The second kappa shape index (κ2) is 6.50. The topological polar surface area (TPSA) is 9.23 Å². The van der Waals surface area contributed by atoms with Crippen LogP contribution in [-0.2, 0) is 15.6 Å². The summed E-state index contributed by atoms with van der Waals surface area (Å²) < 4.78 is 5.74. The summed E-state index contributed by atoms with van der Waals surface area (Å²) in [7, 11) is 0.507. The number of hydrogen-bond acceptors (Lipinski definition) is 1. The van der Waals surface area contributed by atoms with Crippen molar-refractivity contribution in [3.05, 3.63) is 12.7 Å². The van der Waals surface area contributed by atoms with Crippen LogP contribution in [0.2, 0.25) is 0 Å². The van der Waals surface area contributed by atoms with Crippen LogP contribution in [0.25, 0.3) is 0 Å². The zero-order chi connectivity index (χ0) is 9.52. The summed E-state index contributed by atoms with van der Waals surface area (Å²) in [6.45, 7) is 7.04. The molecule has 1 heterocycles. The Balaban J connectivity index is 2.30. The number of hydrogen-bond donors (Lipinski definition) is 0. The van der Waals surface area contributed by atoms with Gasteiger partial charge in [0.25, 0.3) is 0 Å². The molecule has 0 amide bonds. The lowest BCUT2D eigenvalue weighted by molar-refractivity contribution is 0.171. The fraction of sp³-hybridized carbons (Fsp3) is 0.818. The molecule has 0 aliphatic carbocycles. The predicted molar refractivity (Wildman–Crippen MR) is 61.2 cm³/mol. The molecule has 1 rings (SSSR count). The first-order chi connectivity index (χ1) is 6.38. The maximum Gasteiger partial charge on any atom is 0.218 e. The first-order valence-corrected chi connectivity index (χ1v) is 6.90. The van der Waals surface area contributed by atoms with E-state index in [0.717, 1.165) is 13.0 Å². The first kappa shape index (κ1) is 11.1. The molecule has 0 aromatic heterocycles. The Kier molecular flexibility index (Phi) is 5.56. The molecule has 0 saturated carbocycles. The summed E-state index contributed by atoms with van der Waals surface area (Å²) in [6.07, 6.45) is 7.04. The van der Waals surface area contributed by atoms with Gasteiger partial charge in [-0.1, -0.05) is 13.0 Å². The third kappa shape index (κ3) is 3.74. The van der Waals surface area contributed by atoms with E-state index in [0.29, 0.717) is 16.3 Å². The zero-order valence-corrected chi connectivity index (χ0v) is 9.44. The number of allylic oxidation sites excluding steroid dienone is 1. The second-order valence-electron chi connectivity index (χ2n) is 3.47. The highest BCUT2D eigenvalue weighted by molar-refractivity contribution is 7.97. The summed E-state index contributed by atoms with van der Waals surface area (Å²) in [5.74, 6) is 2.64. The molecule has 0 N–H and O–H groups in total. The van der Waals surface area contributed by atoms with Crippen LogP contribution in [0.1, 0.15) is 32.6 Å². The van der Waals surface area contributed by atoms with E-state index in [4.69, 9.17) is 4.74 Å². The summed E-state index contributed by atoms with van der Waals surface area (Å²) >= 11 is 0. The van der Waals surface area contributed by atoms with Crippen molar-refractivity contribution in [2.45, 2.75) is 38.0 Å². The van der Waals surface area contributed by atoms with Gasteiger partial charge in [-0.25, -0.2) is 0 Å². The van der Waals surface area contributed by atoms with Gasteiger partial charge in [-0.05, 0) is 12.8 Å². The highest BCUT2D eigenvalue weighted by Crippen LogP contribution is 2.22. The van der Waals surface area contributed by atoms with Gasteiger partial charge in [-0.2, -0.15) is 0 Å². The van der Waals surface area contributed by atoms with Gasteiger partial charge >= 0.3 is 0 Å². The van der Waals surface area contributed by atoms with Crippen molar-refractivity contribution in [1.82, 2.24) is 0 Å². The maximum absolute atomic E-state index is 5.74. The van der Waals surface area contributed by atoms with Crippen LogP contribution in [0.4, 0.5) is 0 Å². The van der Waals surface area contributed by atoms with Gasteiger partial charge in [0.05, 0.1) is 6.61 Å². The molecule has 2 unspecified atom stereocenters. The van der Waals surface area contributed by atoms with Gasteiger partial charge in [-0.3, -0.25) is 0 Å². The van der Waals surface area contributed by atoms with Crippen LogP contribution in [0.3, 0.4) is 0 Å². The molecule has 0 spiro atoms. The highest BCUT2D eigenvalue weighted by atomic mass is 32.2. The lowest BCUT2D eigenvalue weighted by Crippen LogP contribution is -2.26. The van der Waals surface area contributed by atoms with E-state index in [-0.39, 0.29) is 0 Å². The van der Waals surface area contributed by atoms with E-state index in [1.165, 1.54) is 30.8 Å². The number of rotatable bonds is 6. The molecule has 76 valence electrons. The quantitative estimate of drug-likeness (QED) is 0.474. The lowest BCUT2D eigenvalue weighted by atomic mass is 10.4. The van der Waals surface area contributed by atoms with Gasteiger partial charge < -0.3 is 4.74 Å². The third-order valence-electron chi connectivity index (χ3n) is 2.31. The fourth-order valence-corrected chi connectivity index (χ4v) is 4.19. The van der Waals surface area contributed by atoms with Gasteiger partial charge in [-0.15, -0.1) is 6.58 Å². The summed E-state index contributed by atoms with van der Waals surface area (Å²) in [5, 5.41) is 0. The van der Waals surface area contributed by atoms with E-state index >= 15 is 0 Å². The minimum atomic E-state index is 0.507. The summed E-state index contributed by atoms with van der Waals surface area (Å²) in [4.78, 5) is 0. The first-order valence-electron chi connectivity index (χ1n) is 5.27. The minimum Gasteiger partial charge on any atom is -0.334 e. The molecule has 1 aliphatic heterocycles. The average molecular weight is 201 g/mol. The van der Waals surface area contributed by atoms with Crippen molar-refractivity contribution in [1.29, 1.82) is 0 Å². The Hall–Kier alpha value is 0.0500. The molecule has 2 heteroatoms. The molecular weight excluding hydrogens is 180 g/mol. The van der Waals surface area contributed by atoms with Crippen LogP contribution < -0.4 is 0 Å². The van der Waals surface area contributed by atoms with Crippen molar-refractivity contribution in [3.8, 4) is 0 Å². The van der Waals surface area contributed by atoms with Crippen molar-refractivity contribution >= 4 is 10.9 Å². The molecule has 1 fully saturated rings. The lowest BCUT2D eigenvalue weighted by Gasteiger charge is -2.12. The molecule has 1 nitrogen and oxygen atoms in total. The Morgan fingerprint density at radius 2 is 2.38 bits per heavy atom. The second-order valence-corrected chi connectivity index (χ2v) is 5.88. The van der Waals surface area contributed by atoms with E-state index in [1.54, 1.807) is 0 Å². The van der Waals surface area contributed by atoms with E-state index < -0.39 is 0 Å². The van der Waals surface area contributed by atoms with E-state index in [2.05, 4.69) is 13.5 Å². The molecule has 2 atom stereocenters. The number of ether oxygens (including phenoxy) is 1. The monoisotopic (exact) mass is 201 g/mol. The Bertz CT molecular complexity index is 141. The Morgan fingerprint density at radius 1 is 1.54 bits per heavy atom. The molecule has 13 heavy (non-hydrogen) atoms. The molecule has 1 saturated heterocycles. The van der Waals surface area contributed by atoms with Crippen LogP contribution in [-0.4, -0.2) is 23.5 Å². The van der Waals surface area contributed by atoms with E-state index in [1.807, 2.05) is 6.08 Å². The maximum atomic E-state index is 5.74. The van der Waals surface area contributed by atoms with Gasteiger partial charge in [0, 0.05) is 23.7 Å². The zero-order valence-electron chi connectivity index (χ0n) is 8.63. The molecule has 0 aromatic rings. The van der Waals surface area contributed by atoms with Crippen LogP contribution >= 0.6 is 0 Å². The molecular formula is C11H21OS+. The van der Waals surface area contributed by atoms with Crippen LogP contribution in [0, 0.1) is 0 Å². The summed E-state index contributed by atoms with van der Waals surface area (Å²) in [5.41, 5.74) is 0.583. The Labute approximate surface area is 84.9 Å². The SMILES string of the molecule is C=CCC[S+](CCC)C1CCCO1. The molecule has 1 aliphatic rings. The Morgan fingerprint density at radius 3 is 2.92 bits per heavy atom. The highest BCUT2D eigenvalue weighted by Gasteiger charge is 2.32. The standard InChI is InChI=1S/C11H21OS/c1-3-5-10-13(9-4-2)11-7-6-8-12-11/h3,11H,1,4-10H2,2H3/q+1. The average Bonchev–Trinajstić information content (AvgIpc) is 2.65. The molecule has 0 bridgehead atoms. The van der Waals surface area contributed by atoms with Crippen molar-refractivity contribution in [2.75, 3.05) is 18.1 Å². The third-order valence-corrected chi connectivity index (χ3v) is 5.12. The van der Waals surface area contributed by atoms with Gasteiger partial charge in [0.15, 0.2) is 0 Å². The van der Waals surface area contributed by atoms with Gasteiger partial charge in [0.1, 0.15) is 11.5 Å². The van der Waals surface area contributed by atoms with Crippen molar-refractivity contribution < 1.29 is 4.74 Å². The molecule has 0 radical (unpaired) electrons. The molecule has 0 aromatic carbocycles. The van der Waals surface area contributed by atoms with Crippen molar-refractivity contribution in [3.63, 3.8) is 0 Å².